The van der Waals surface area contributed by atoms with Gasteiger partial charge in [-0.05, 0) is 81.5 Å². The van der Waals surface area contributed by atoms with E-state index in [1.807, 2.05) is 39.0 Å². The first-order chi connectivity index (χ1) is 18.3. The summed E-state index contributed by atoms with van der Waals surface area (Å²) in [6.07, 6.45) is 0.990. The lowest BCUT2D eigenvalue weighted by molar-refractivity contribution is -0.139. The van der Waals surface area contributed by atoms with Crippen molar-refractivity contribution in [3.63, 3.8) is 0 Å². The molecular formula is C29H35N3O6. The molecule has 202 valence electrons. The van der Waals surface area contributed by atoms with Crippen LogP contribution in [0.1, 0.15) is 37.3 Å². The van der Waals surface area contributed by atoms with Crippen molar-refractivity contribution in [1.82, 2.24) is 4.90 Å². The number of nitrogens with one attached hydrogen (secondary N) is 2. The van der Waals surface area contributed by atoms with Gasteiger partial charge in [0.05, 0.1) is 24.5 Å². The molecule has 3 heterocycles. The van der Waals surface area contributed by atoms with Gasteiger partial charge in [0.15, 0.2) is 0 Å². The second-order valence-corrected chi connectivity index (χ2v) is 10.4. The van der Waals surface area contributed by atoms with Crippen molar-refractivity contribution >= 4 is 29.1 Å². The standard InChI is InChI=1S/C29H35N3O6/c1-4-37-20-10-8-19(9-11-20)30-26(34)23-22-12-13-29(38-22)24(23)28(36)32(14-5-15-33)25(29)27(35)31-21-16-17(2)6-7-18(21)3/h6-11,16,22-25,33H,4-5,12-15H2,1-3H3,(H,30,34)(H,31,35)/t22-,23+,24+,25?,29?/m1/s1. The summed E-state index contributed by atoms with van der Waals surface area (Å²) >= 11 is 0. The number of carbonyl (C=O) groups excluding carboxylic acids is 3. The number of aliphatic hydroxyl groups is 1. The van der Waals surface area contributed by atoms with Crippen molar-refractivity contribution in [3.8, 4) is 5.75 Å². The van der Waals surface area contributed by atoms with Gasteiger partial charge in [-0.2, -0.15) is 0 Å². The molecule has 2 aromatic rings. The molecule has 0 radical (unpaired) electrons. The van der Waals surface area contributed by atoms with E-state index in [9.17, 15) is 19.5 Å². The number of carbonyl (C=O) groups is 3. The van der Waals surface area contributed by atoms with E-state index in [-0.39, 0.29) is 30.9 Å². The van der Waals surface area contributed by atoms with E-state index in [4.69, 9.17) is 9.47 Å². The summed E-state index contributed by atoms with van der Waals surface area (Å²) in [6.45, 7) is 6.41. The van der Waals surface area contributed by atoms with Gasteiger partial charge in [0, 0.05) is 24.5 Å². The highest BCUT2D eigenvalue weighted by atomic mass is 16.5. The van der Waals surface area contributed by atoms with Crippen molar-refractivity contribution in [1.29, 1.82) is 0 Å². The Labute approximate surface area is 222 Å². The predicted molar refractivity (Wildman–Crippen MR) is 142 cm³/mol. The third-order valence-electron chi connectivity index (χ3n) is 7.99. The maximum Gasteiger partial charge on any atom is 0.250 e. The summed E-state index contributed by atoms with van der Waals surface area (Å²) in [4.78, 5) is 42.7. The average Bonchev–Trinajstić information content (AvgIpc) is 3.53. The van der Waals surface area contributed by atoms with Crippen LogP contribution in [0.15, 0.2) is 42.5 Å². The monoisotopic (exact) mass is 521 g/mol. The van der Waals surface area contributed by atoms with Gasteiger partial charge in [-0.1, -0.05) is 12.1 Å². The summed E-state index contributed by atoms with van der Waals surface area (Å²) in [5, 5.41) is 15.4. The Morgan fingerprint density at radius 3 is 2.61 bits per heavy atom. The number of anilines is 2. The molecule has 2 aromatic carbocycles. The summed E-state index contributed by atoms with van der Waals surface area (Å²) in [6, 6.07) is 12.0. The molecule has 9 nitrogen and oxygen atoms in total. The number of rotatable bonds is 9. The van der Waals surface area contributed by atoms with Crippen molar-refractivity contribution in [2.75, 3.05) is 30.4 Å². The van der Waals surface area contributed by atoms with Crippen molar-refractivity contribution in [2.24, 2.45) is 11.8 Å². The zero-order chi connectivity index (χ0) is 27.0. The normalized spacial score (nSPS) is 27.4. The molecule has 3 amide bonds. The Morgan fingerprint density at radius 1 is 1.13 bits per heavy atom. The lowest BCUT2D eigenvalue weighted by atomic mass is 9.70. The van der Waals surface area contributed by atoms with E-state index in [0.717, 1.165) is 11.1 Å². The van der Waals surface area contributed by atoms with Gasteiger partial charge < -0.3 is 30.1 Å². The molecule has 0 saturated carbocycles. The second kappa shape index (κ2) is 10.4. The smallest absolute Gasteiger partial charge is 0.250 e. The summed E-state index contributed by atoms with van der Waals surface area (Å²) < 4.78 is 11.9. The Bertz CT molecular complexity index is 1230. The van der Waals surface area contributed by atoms with Gasteiger partial charge in [0.2, 0.25) is 17.7 Å². The summed E-state index contributed by atoms with van der Waals surface area (Å²) in [5.41, 5.74) is 2.11. The number of aliphatic hydroxyl groups excluding tert-OH is 1. The fourth-order valence-electron chi connectivity index (χ4n) is 6.33. The van der Waals surface area contributed by atoms with Gasteiger partial charge >= 0.3 is 0 Å². The highest BCUT2D eigenvalue weighted by molar-refractivity contribution is 6.05. The number of fused-ring (bicyclic) bond motifs is 1. The number of benzene rings is 2. The van der Waals surface area contributed by atoms with E-state index in [1.165, 1.54) is 4.90 Å². The molecule has 3 aliphatic rings. The first-order valence-corrected chi connectivity index (χ1v) is 13.3. The zero-order valence-corrected chi connectivity index (χ0v) is 22.0. The van der Waals surface area contributed by atoms with Crippen LogP contribution in [-0.2, 0) is 19.1 Å². The molecule has 3 saturated heterocycles. The molecule has 5 rings (SSSR count). The van der Waals surface area contributed by atoms with E-state index >= 15 is 0 Å². The number of likely N-dealkylation sites (tertiary alicyclic amines) is 1. The molecule has 9 heteroatoms. The molecule has 0 aromatic heterocycles. The third-order valence-corrected chi connectivity index (χ3v) is 7.99. The molecule has 3 N–H and O–H groups in total. The lowest BCUT2D eigenvalue weighted by Gasteiger charge is -2.33. The molecule has 1 spiro atoms. The molecule has 3 aliphatic heterocycles. The van der Waals surface area contributed by atoms with E-state index < -0.39 is 29.6 Å². The van der Waals surface area contributed by atoms with Crippen LogP contribution >= 0.6 is 0 Å². The second-order valence-electron chi connectivity index (χ2n) is 10.4. The van der Waals surface area contributed by atoms with Gasteiger partial charge in [0.1, 0.15) is 17.4 Å². The molecule has 5 atom stereocenters. The minimum absolute atomic E-state index is 0.113. The first kappa shape index (κ1) is 26.2. The Balaban J connectivity index is 1.42. The number of hydrogen-bond acceptors (Lipinski definition) is 6. The van der Waals surface area contributed by atoms with Crippen LogP contribution in [0.25, 0.3) is 0 Å². The highest BCUT2D eigenvalue weighted by Crippen LogP contribution is 2.58. The summed E-state index contributed by atoms with van der Waals surface area (Å²) in [7, 11) is 0. The van der Waals surface area contributed by atoms with Gasteiger partial charge in [-0.15, -0.1) is 0 Å². The number of nitrogens with zero attached hydrogens (tertiary/aromatic N) is 1. The average molecular weight is 522 g/mol. The van der Waals surface area contributed by atoms with Gasteiger partial charge in [0.25, 0.3) is 0 Å². The SMILES string of the molecule is CCOc1ccc(NC(=O)[C@@H]2[C@H]3C(=O)N(CCCO)C(C(=O)Nc4cc(C)ccc4C)C34CC[C@H]2O4)cc1. The first-order valence-electron chi connectivity index (χ1n) is 13.3. The minimum Gasteiger partial charge on any atom is -0.494 e. The fraction of sp³-hybridized carbons (Fsp3) is 0.483. The van der Waals surface area contributed by atoms with Crippen molar-refractivity contribution < 1.29 is 29.0 Å². The molecule has 3 fully saturated rings. The maximum absolute atomic E-state index is 13.8. The molecular weight excluding hydrogens is 486 g/mol. The van der Waals surface area contributed by atoms with Crippen LogP contribution in [0.3, 0.4) is 0 Å². The van der Waals surface area contributed by atoms with Crippen LogP contribution in [0, 0.1) is 25.7 Å². The lowest BCUT2D eigenvalue weighted by Crippen LogP contribution is -2.53. The number of aryl methyl sites for hydroxylation is 2. The van der Waals surface area contributed by atoms with Gasteiger partial charge in [-0.3, -0.25) is 14.4 Å². The van der Waals surface area contributed by atoms with Crippen molar-refractivity contribution in [3.05, 3.63) is 53.6 Å². The molecule has 2 unspecified atom stereocenters. The van der Waals surface area contributed by atoms with E-state index in [0.29, 0.717) is 43.0 Å². The Morgan fingerprint density at radius 2 is 1.89 bits per heavy atom. The highest BCUT2D eigenvalue weighted by Gasteiger charge is 2.74. The summed E-state index contributed by atoms with van der Waals surface area (Å²) in [5.74, 6) is -1.67. The van der Waals surface area contributed by atoms with E-state index in [1.54, 1.807) is 24.3 Å². The zero-order valence-electron chi connectivity index (χ0n) is 22.0. The van der Waals surface area contributed by atoms with Gasteiger partial charge in [-0.25, -0.2) is 0 Å². The van der Waals surface area contributed by atoms with E-state index in [2.05, 4.69) is 10.6 Å². The number of amides is 3. The van der Waals surface area contributed by atoms with Crippen LogP contribution in [0.2, 0.25) is 0 Å². The Hall–Kier alpha value is -3.43. The quantitative estimate of drug-likeness (QED) is 0.467. The van der Waals surface area contributed by atoms with Crippen molar-refractivity contribution in [2.45, 2.75) is 57.8 Å². The number of ether oxygens (including phenoxy) is 2. The molecule has 0 aliphatic carbocycles. The largest absolute Gasteiger partial charge is 0.494 e. The molecule has 38 heavy (non-hydrogen) atoms. The number of hydrogen-bond donors (Lipinski definition) is 3. The van der Waals surface area contributed by atoms with Crippen LogP contribution in [0.5, 0.6) is 5.75 Å². The molecule has 2 bridgehead atoms. The minimum atomic E-state index is -1.08. The van der Waals surface area contributed by atoms with Crippen LogP contribution < -0.4 is 15.4 Å². The predicted octanol–water partition coefficient (Wildman–Crippen LogP) is 3.04. The third kappa shape index (κ3) is 4.43. The topological polar surface area (TPSA) is 117 Å². The Kier molecular flexibility index (Phi) is 7.15. The fourth-order valence-corrected chi connectivity index (χ4v) is 6.33. The van der Waals surface area contributed by atoms with Crippen LogP contribution in [-0.4, -0.2) is 65.2 Å². The van der Waals surface area contributed by atoms with Crippen LogP contribution in [0.4, 0.5) is 11.4 Å². The maximum atomic E-state index is 13.8.